The van der Waals surface area contributed by atoms with Crippen molar-refractivity contribution >= 4 is 17.1 Å². The van der Waals surface area contributed by atoms with Crippen molar-refractivity contribution < 1.29 is 27.9 Å². The number of aliphatic hydroxyl groups excluding tert-OH is 1. The van der Waals surface area contributed by atoms with E-state index in [0.717, 1.165) is 6.08 Å². The van der Waals surface area contributed by atoms with Crippen molar-refractivity contribution in [3.8, 4) is 6.07 Å². The molecular weight excluding hydrogens is 311 g/mol. The Balaban J connectivity index is 2.47. The lowest BCUT2D eigenvalue weighted by Crippen LogP contribution is -2.25. The van der Waals surface area contributed by atoms with E-state index in [2.05, 4.69) is 10.9 Å². The fourth-order valence-corrected chi connectivity index (χ4v) is 2.04. The van der Waals surface area contributed by atoms with E-state index in [0.29, 0.717) is 11.6 Å². The number of aliphatic hydroxyl groups is 1. The lowest BCUT2D eigenvalue weighted by atomic mass is 9.89. The number of rotatable bonds is 2. The minimum atomic E-state index is -4.92. The zero-order chi connectivity index (χ0) is 17.0. The highest BCUT2D eigenvalue weighted by Gasteiger charge is 2.43. The molecule has 118 valence electrons. The normalized spacial score (nSPS) is 14.8. The number of ketones is 2. The molecule has 0 saturated carbocycles. The maximum atomic E-state index is 13.1. The number of hydrogen-bond donors (Lipinski definition) is 1. The van der Waals surface area contributed by atoms with E-state index in [-0.39, 0.29) is 18.7 Å². The molecule has 23 heavy (non-hydrogen) atoms. The Morgan fingerprint density at radius 3 is 2.22 bits per heavy atom. The highest BCUT2D eigenvalue weighted by Crippen LogP contribution is 2.36. The van der Waals surface area contributed by atoms with Crippen molar-refractivity contribution in [2.75, 3.05) is 13.2 Å². The molecule has 0 bridgehead atoms. The van der Waals surface area contributed by atoms with E-state index < -0.39 is 28.9 Å². The van der Waals surface area contributed by atoms with E-state index in [1.807, 2.05) is 0 Å². The average Bonchev–Trinajstić information content (AvgIpc) is 2.49. The molecule has 0 aliphatic heterocycles. The molecule has 1 aromatic rings. The predicted octanol–water partition coefficient (Wildman–Crippen LogP) is 2.38. The van der Waals surface area contributed by atoms with Crippen LogP contribution < -0.4 is 0 Å². The summed E-state index contributed by atoms with van der Waals surface area (Å²) in [4.78, 5) is 27.1. The highest BCUT2D eigenvalue weighted by molar-refractivity contribution is 6.36. The largest absolute Gasteiger partial charge is 0.420 e. The number of halogens is 3. The van der Waals surface area contributed by atoms with Gasteiger partial charge < -0.3 is 5.11 Å². The van der Waals surface area contributed by atoms with Gasteiger partial charge >= 0.3 is 12.2 Å². The molecule has 0 saturated heterocycles. The lowest BCUT2D eigenvalue weighted by Gasteiger charge is -2.17. The molecule has 0 atom stereocenters. The minimum Gasteiger partial charge on any atom is -0.388 e. The molecule has 0 unspecified atom stereocenters. The fourth-order valence-electron chi connectivity index (χ4n) is 2.04. The second-order valence-corrected chi connectivity index (χ2v) is 4.60. The average molecular weight is 322 g/mol. The van der Waals surface area contributed by atoms with Gasteiger partial charge in [0, 0.05) is 5.57 Å². The first-order valence-electron chi connectivity index (χ1n) is 6.56. The SMILES string of the molecule is O=C1C=CC(=O)C(C(F)(F)F)=C1c1ccc(C#[N+]CCO)cc1. The van der Waals surface area contributed by atoms with Crippen LogP contribution in [0.4, 0.5) is 13.2 Å². The second-order valence-electron chi connectivity index (χ2n) is 4.60. The monoisotopic (exact) mass is 322 g/mol. The van der Waals surface area contributed by atoms with Gasteiger partial charge in [-0.15, -0.1) is 0 Å². The molecule has 4 nitrogen and oxygen atoms in total. The summed E-state index contributed by atoms with van der Waals surface area (Å²) < 4.78 is 39.2. The van der Waals surface area contributed by atoms with E-state index >= 15 is 0 Å². The molecule has 1 aliphatic carbocycles. The maximum Gasteiger partial charge on any atom is 0.420 e. The molecule has 1 N–H and O–H groups in total. The van der Waals surface area contributed by atoms with Gasteiger partial charge in [0.25, 0.3) is 6.54 Å². The van der Waals surface area contributed by atoms with Crippen LogP contribution in [-0.4, -0.2) is 36.0 Å². The summed E-state index contributed by atoms with van der Waals surface area (Å²) in [7, 11) is 0. The van der Waals surface area contributed by atoms with Crippen molar-refractivity contribution in [2.24, 2.45) is 0 Å². The van der Waals surface area contributed by atoms with Crippen LogP contribution in [0.2, 0.25) is 0 Å². The summed E-state index contributed by atoms with van der Waals surface area (Å²) in [5.74, 6) is -2.12. The molecule has 1 aliphatic rings. The first-order chi connectivity index (χ1) is 10.8. The number of alkyl halides is 3. The third kappa shape index (κ3) is 3.73. The van der Waals surface area contributed by atoms with E-state index in [1.54, 1.807) is 0 Å². The Hall–Kier alpha value is -2.72. The van der Waals surface area contributed by atoms with Gasteiger partial charge in [0.1, 0.15) is 17.7 Å². The van der Waals surface area contributed by atoms with Gasteiger partial charge in [-0.1, -0.05) is 17.0 Å². The van der Waals surface area contributed by atoms with Gasteiger partial charge in [-0.2, -0.15) is 13.2 Å². The first-order valence-corrected chi connectivity index (χ1v) is 6.56. The third-order valence-electron chi connectivity index (χ3n) is 3.01. The Kier molecular flexibility index (Phi) is 4.77. The smallest absolute Gasteiger partial charge is 0.388 e. The zero-order valence-corrected chi connectivity index (χ0v) is 11.7. The number of hydrogen-bond acceptors (Lipinski definition) is 3. The molecule has 0 fully saturated rings. The van der Waals surface area contributed by atoms with Gasteiger partial charge in [-0.3, -0.25) is 9.59 Å². The summed E-state index contributed by atoms with van der Waals surface area (Å²) in [5, 5.41) is 8.60. The Morgan fingerprint density at radius 2 is 1.65 bits per heavy atom. The summed E-state index contributed by atoms with van der Waals surface area (Å²) in [5.41, 5.74) is -1.66. The maximum absolute atomic E-state index is 13.1. The van der Waals surface area contributed by atoms with Gasteiger partial charge in [0.05, 0.1) is 0 Å². The molecule has 2 rings (SSSR count). The van der Waals surface area contributed by atoms with Gasteiger partial charge in [-0.25, -0.2) is 0 Å². The predicted molar refractivity (Wildman–Crippen MR) is 76.9 cm³/mol. The van der Waals surface area contributed by atoms with Crippen LogP contribution in [0, 0.1) is 6.07 Å². The zero-order valence-electron chi connectivity index (χ0n) is 11.7. The van der Waals surface area contributed by atoms with E-state index in [9.17, 15) is 22.8 Å². The Labute approximate surface area is 129 Å². The fraction of sp³-hybridized carbons (Fsp3) is 0.188. The molecule has 1 aromatic carbocycles. The summed E-state index contributed by atoms with van der Waals surface area (Å²) >= 11 is 0. The lowest BCUT2D eigenvalue weighted by molar-refractivity contribution is -0.126. The molecule has 0 radical (unpaired) electrons. The standard InChI is InChI=1S/C16H11F3NO3/c17-16(18,19)15-13(23)6-5-12(22)14(15)11-3-1-10(2-4-11)9-20-7-8-21/h1-6,21H,7-8H2/q+1. The Morgan fingerprint density at radius 1 is 1.04 bits per heavy atom. The number of carbonyl (C=O) groups is 2. The minimum absolute atomic E-state index is 0.00673. The highest BCUT2D eigenvalue weighted by atomic mass is 19.4. The van der Waals surface area contributed by atoms with Crippen LogP contribution in [-0.2, 0) is 9.59 Å². The van der Waals surface area contributed by atoms with Crippen LogP contribution in [0.15, 0.2) is 42.0 Å². The van der Waals surface area contributed by atoms with Crippen LogP contribution >= 0.6 is 0 Å². The third-order valence-corrected chi connectivity index (χ3v) is 3.01. The van der Waals surface area contributed by atoms with Crippen LogP contribution in [0.1, 0.15) is 11.1 Å². The first kappa shape index (κ1) is 16.6. The Bertz CT molecular complexity index is 762. The van der Waals surface area contributed by atoms with Gasteiger partial charge in [0.15, 0.2) is 11.6 Å². The number of benzene rings is 1. The summed E-state index contributed by atoms with van der Waals surface area (Å²) in [6.07, 6.45) is -3.46. The number of nitrogens with zero attached hydrogens (tertiary/aromatic N) is 1. The van der Waals surface area contributed by atoms with Crippen LogP contribution in [0.3, 0.4) is 0 Å². The van der Waals surface area contributed by atoms with Crippen molar-refractivity contribution in [1.82, 2.24) is 0 Å². The van der Waals surface area contributed by atoms with Crippen molar-refractivity contribution in [3.63, 3.8) is 0 Å². The molecule has 0 spiro atoms. The van der Waals surface area contributed by atoms with E-state index in [4.69, 9.17) is 5.11 Å². The molecule has 0 aromatic heterocycles. The van der Waals surface area contributed by atoms with Crippen molar-refractivity contribution in [3.05, 3.63) is 58.0 Å². The van der Waals surface area contributed by atoms with Gasteiger partial charge in [0.2, 0.25) is 0 Å². The summed E-state index contributed by atoms with van der Waals surface area (Å²) in [6.45, 7) is 0.0127. The van der Waals surface area contributed by atoms with Crippen LogP contribution in [0.5, 0.6) is 0 Å². The van der Waals surface area contributed by atoms with Crippen molar-refractivity contribution in [2.45, 2.75) is 6.18 Å². The molecule has 0 heterocycles. The number of allylic oxidation sites excluding steroid dienone is 4. The topological polar surface area (TPSA) is 58.7 Å². The number of carbonyl (C=O) groups excluding carboxylic acids is 2. The van der Waals surface area contributed by atoms with Crippen LogP contribution in [0.25, 0.3) is 10.4 Å². The van der Waals surface area contributed by atoms with Gasteiger partial charge in [-0.05, 0) is 29.8 Å². The summed E-state index contributed by atoms with van der Waals surface area (Å²) in [6, 6.07) is 8.03. The molecule has 7 heteroatoms. The molecule has 0 amide bonds. The molecular formula is C16H11F3NO3+. The quantitative estimate of drug-likeness (QED) is 0.851. The second kappa shape index (κ2) is 6.58. The van der Waals surface area contributed by atoms with E-state index in [1.165, 1.54) is 24.3 Å². The van der Waals surface area contributed by atoms with Crippen molar-refractivity contribution in [1.29, 1.82) is 0 Å².